The van der Waals surface area contributed by atoms with Crippen LogP contribution in [0.15, 0.2) is 0 Å². The fourth-order valence-corrected chi connectivity index (χ4v) is 0.101. The molecule has 0 spiro atoms. The van der Waals surface area contributed by atoms with Crippen molar-refractivity contribution in [3.63, 3.8) is 0 Å². The zero-order valence-corrected chi connectivity index (χ0v) is 5.27. The summed E-state index contributed by atoms with van der Waals surface area (Å²) in [5.74, 6) is 0. The van der Waals surface area contributed by atoms with Gasteiger partial charge in [-0.2, -0.15) is 0 Å². The van der Waals surface area contributed by atoms with E-state index in [0.29, 0.717) is 0 Å². The molecule has 0 atom stereocenters. The van der Waals surface area contributed by atoms with Crippen LogP contribution in [0.5, 0.6) is 0 Å². The van der Waals surface area contributed by atoms with E-state index >= 15 is 0 Å². The Morgan fingerprint density at radius 2 is 0.800 bits per heavy atom. The van der Waals surface area contributed by atoms with Crippen molar-refractivity contribution in [2.45, 2.75) is 0 Å². The van der Waals surface area contributed by atoms with Gasteiger partial charge in [-0.25, -0.2) is 9.78 Å². The molecule has 0 aliphatic carbocycles. The first kappa shape index (κ1) is 9.68. The minimum absolute atomic E-state index is 1.19. The van der Waals surface area contributed by atoms with Crippen molar-refractivity contribution in [2.24, 2.45) is 0 Å². The summed E-state index contributed by atoms with van der Waals surface area (Å²) in [7, 11) is 2.38. The van der Waals surface area contributed by atoms with Crippen molar-refractivity contribution < 1.29 is 40.0 Å². The lowest BCUT2D eigenvalue weighted by Gasteiger charge is -1.95. The number of hydrogen-bond donors (Lipinski definition) is 0. The van der Waals surface area contributed by atoms with E-state index in [1.165, 1.54) is 14.2 Å². The van der Waals surface area contributed by atoms with E-state index in [1.54, 1.807) is 0 Å². The predicted molar refractivity (Wildman–Crippen MR) is 20.5 cm³/mol. The molecule has 0 saturated heterocycles. The molecule has 0 N–H and O–H groups in total. The second kappa shape index (κ2) is 8.68. The molecule has 0 fully saturated rings. The molecule has 10 heavy (non-hydrogen) atoms. The average molecular weight is 158 g/mol. The summed E-state index contributed by atoms with van der Waals surface area (Å²) in [5, 5.41) is 21.8. The minimum atomic E-state index is 1.19. The second-order valence-corrected chi connectivity index (χ2v) is 0.742. The fraction of sp³-hybridized carbons (Fsp3) is 1.00. The molecular weight excluding hydrogens is 152 g/mol. The van der Waals surface area contributed by atoms with Crippen LogP contribution in [0, 0.1) is 0 Å². The summed E-state index contributed by atoms with van der Waals surface area (Å²) in [6, 6.07) is 0. The Labute approximate surface area is 55.5 Å². The molecule has 0 aromatic heterocycles. The van der Waals surface area contributed by atoms with Crippen LogP contribution < -0.4 is 0 Å². The van der Waals surface area contributed by atoms with E-state index in [4.69, 9.17) is 0 Å². The van der Waals surface area contributed by atoms with Gasteiger partial charge in [0, 0.05) is 0 Å². The second-order valence-electron chi connectivity index (χ2n) is 0.742. The first-order valence-corrected chi connectivity index (χ1v) is 1.98. The molecule has 0 aliphatic rings. The first-order chi connectivity index (χ1) is 4.91. The van der Waals surface area contributed by atoms with Gasteiger partial charge in [0.25, 0.3) is 0 Å². The largest absolute Gasteiger partial charge is 0.207 e. The maximum absolute atomic E-state index is 3.89. The van der Waals surface area contributed by atoms with E-state index in [1.807, 2.05) is 0 Å². The van der Waals surface area contributed by atoms with Crippen LogP contribution >= 0.6 is 0 Å². The molecule has 8 heteroatoms. The summed E-state index contributed by atoms with van der Waals surface area (Å²) in [6.07, 6.45) is 0. The van der Waals surface area contributed by atoms with Crippen molar-refractivity contribution >= 4 is 0 Å². The summed E-state index contributed by atoms with van der Waals surface area (Å²) < 4.78 is 0. The SMILES string of the molecule is COOOOOOOOC. The number of hydrogen-bond acceptors (Lipinski definition) is 8. The zero-order chi connectivity index (χ0) is 7.66. The molecule has 62 valence electrons. The third-order valence-corrected chi connectivity index (χ3v) is 0.275. The van der Waals surface area contributed by atoms with Crippen LogP contribution in [0.1, 0.15) is 0 Å². The maximum atomic E-state index is 3.89. The highest BCUT2D eigenvalue weighted by atomic mass is 17.9. The van der Waals surface area contributed by atoms with Gasteiger partial charge < -0.3 is 0 Å². The lowest BCUT2D eigenvalue weighted by atomic mass is 11.8. The Morgan fingerprint density at radius 1 is 0.500 bits per heavy atom. The van der Waals surface area contributed by atoms with Gasteiger partial charge in [0.2, 0.25) is 0 Å². The zero-order valence-electron chi connectivity index (χ0n) is 5.27. The third kappa shape index (κ3) is 7.68. The van der Waals surface area contributed by atoms with Crippen LogP contribution in [0.3, 0.4) is 0 Å². The molecule has 0 bridgehead atoms. The molecule has 0 saturated carbocycles. The Morgan fingerprint density at radius 3 is 1.10 bits per heavy atom. The van der Waals surface area contributed by atoms with Crippen molar-refractivity contribution in [3.8, 4) is 0 Å². The van der Waals surface area contributed by atoms with E-state index < -0.39 is 0 Å². The van der Waals surface area contributed by atoms with Gasteiger partial charge in [-0.15, -0.1) is 0 Å². The van der Waals surface area contributed by atoms with Crippen LogP contribution in [-0.4, -0.2) is 14.2 Å². The van der Waals surface area contributed by atoms with Gasteiger partial charge >= 0.3 is 0 Å². The number of rotatable bonds is 7. The highest BCUT2D eigenvalue weighted by molar-refractivity contribution is 3.36. The molecule has 0 aromatic rings. The Balaban J connectivity index is 2.65. The Bertz CT molecular complexity index is 47.2. The monoisotopic (exact) mass is 158 g/mol. The maximum Gasteiger partial charge on any atom is 0.0745 e. The normalized spacial score (nSPS) is 10.2. The molecule has 0 aromatic carbocycles. The van der Waals surface area contributed by atoms with Crippen LogP contribution in [0.4, 0.5) is 0 Å². The third-order valence-electron chi connectivity index (χ3n) is 0.275. The van der Waals surface area contributed by atoms with Crippen molar-refractivity contribution in [1.82, 2.24) is 0 Å². The summed E-state index contributed by atoms with van der Waals surface area (Å²) in [5.41, 5.74) is 0. The average Bonchev–Trinajstić information content (AvgIpc) is 1.97. The Kier molecular flexibility index (Phi) is 8.40. The molecule has 8 nitrogen and oxygen atoms in total. The van der Waals surface area contributed by atoms with Crippen molar-refractivity contribution in [2.75, 3.05) is 14.2 Å². The van der Waals surface area contributed by atoms with E-state index in [2.05, 4.69) is 40.0 Å². The molecule has 0 unspecified atom stereocenters. The summed E-state index contributed by atoms with van der Waals surface area (Å²) in [4.78, 5) is 7.79. The molecule has 0 aliphatic heterocycles. The van der Waals surface area contributed by atoms with Gasteiger partial charge in [-0.3, -0.25) is 0 Å². The van der Waals surface area contributed by atoms with Gasteiger partial charge in [0.15, 0.2) is 0 Å². The Hall–Kier alpha value is -0.320. The topological polar surface area (TPSA) is 73.8 Å². The molecule has 0 heterocycles. The van der Waals surface area contributed by atoms with Crippen molar-refractivity contribution in [3.05, 3.63) is 0 Å². The van der Waals surface area contributed by atoms with Crippen LogP contribution in [0.2, 0.25) is 0 Å². The lowest BCUT2D eigenvalue weighted by Crippen LogP contribution is -1.99. The van der Waals surface area contributed by atoms with E-state index in [9.17, 15) is 0 Å². The lowest BCUT2D eigenvalue weighted by molar-refractivity contribution is -0.811. The smallest absolute Gasteiger partial charge is 0.0745 e. The van der Waals surface area contributed by atoms with Gasteiger partial charge in [0.1, 0.15) is 0 Å². The van der Waals surface area contributed by atoms with Crippen LogP contribution in [-0.2, 0) is 40.0 Å². The first-order valence-electron chi connectivity index (χ1n) is 1.98. The van der Waals surface area contributed by atoms with Gasteiger partial charge in [-0.1, -0.05) is 0 Å². The van der Waals surface area contributed by atoms with E-state index in [0.717, 1.165) is 0 Å². The van der Waals surface area contributed by atoms with Gasteiger partial charge in [0.05, 0.1) is 14.2 Å². The molecule has 0 amide bonds. The van der Waals surface area contributed by atoms with E-state index in [-0.39, 0.29) is 0 Å². The quantitative estimate of drug-likeness (QED) is 0.286. The molecule has 0 radical (unpaired) electrons. The molecular formula is C2H6O8. The standard InChI is InChI=1S/C2H6O8/c1-3-5-7-9-10-8-6-4-2/h1-2H3. The summed E-state index contributed by atoms with van der Waals surface area (Å²) in [6.45, 7) is 0. The summed E-state index contributed by atoms with van der Waals surface area (Å²) >= 11 is 0. The molecule has 0 rings (SSSR count). The highest BCUT2D eigenvalue weighted by Gasteiger charge is 1.90. The predicted octanol–water partition coefficient (Wildman–Crippen LogP) is -0.216. The highest BCUT2D eigenvalue weighted by Crippen LogP contribution is 1.85. The minimum Gasteiger partial charge on any atom is -0.207 e. The van der Waals surface area contributed by atoms with Gasteiger partial charge in [-0.05, 0) is 30.2 Å². The fourth-order valence-electron chi connectivity index (χ4n) is 0.101. The van der Waals surface area contributed by atoms with Crippen molar-refractivity contribution in [1.29, 1.82) is 0 Å². The van der Waals surface area contributed by atoms with Crippen LogP contribution in [0.25, 0.3) is 0 Å².